The van der Waals surface area contributed by atoms with Crippen LogP contribution in [0.2, 0.25) is 0 Å². The minimum absolute atomic E-state index is 0.0451. The Morgan fingerprint density at radius 1 is 1.45 bits per heavy atom. The smallest absolute Gasteiger partial charge is 0.159 e. The van der Waals surface area contributed by atoms with Crippen molar-refractivity contribution in [3.05, 3.63) is 0 Å². The number of Topliss-reactive ketones (excluding diaryl/α,β-unsaturated/α-hetero) is 2. The van der Waals surface area contributed by atoms with Crippen LogP contribution in [0.4, 0.5) is 0 Å². The highest BCUT2D eigenvalue weighted by atomic mass is 16.2. The lowest BCUT2D eigenvalue weighted by molar-refractivity contribution is -0.136. The molecule has 0 aromatic heterocycles. The third-order valence-corrected chi connectivity index (χ3v) is 2.28. The first-order valence-corrected chi connectivity index (χ1v) is 3.90. The van der Waals surface area contributed by atoms with E-state index in [2.05, 4.69) is 5.32 Å². The number of hydrogen-bond acceptors (Lipinski definition) is 3. The van der Waals surface area contributed by atoms with E-state index < -0.39 is 0 Å². The maximum Gasteiger partial charge on any atom is 0.159 e. The molecule has 0 aromatic carbocycles. The molecule has 0 spiro atoms. The van der Waals surface area contributed by atoms with Gasteiger partial charge in [0, 0.05) is 6.42 Å². The maximum absolute atomic E-state index is 11.3. The first-order chi connectivity index (χ1) is 5.16. The molecule has 0 aromatic rings. The fraction of sp³-hybridized carbons (Fsp3) is 0.750. The van der Waals surface area contributed by atoms with Crippen LogP contribution in [0, 0.1) is 5.92 Å². The number of ketones is 2. The summed E-state index contributed by atoms with van der Waals surface area (Å²) in [4.78, 5) is 22.3. The molecule has 11 heavy (non-hydrogen) atoms. The largest absolute Gasteiger partial charge is 0.311 e. The van der Waals surface area contributed by atoms with Crippen molar-refractivity contribution in [1.29, 1.82) is 0 Å². The summed E-state index contributed by atoms with van der Waals surface area (Å²) in [5.41, 5.74) is 0. The molecule has 3 heteroatoms. The maximum atomic E-state index is 11.3. The molecule has 1 fully saturated rings. The van der Waals surface area contributed by atoms with Crippen LogP contribution in [-0.2, 0) is 9.59 Å². The van der Waals surface area contributed by atoms with Crippen LogP contribution in [0.1, 0.15) is 19.8 Å². The molecule has 62 valence electrons. The monoisotopic (exact) mass is 155 g/mol. The van der Waals surface area contributed by atoms with Crippen molar-refractivity contribution in [2.24, 2.45) is 5.92 Å². The standard InChI is InChI=1S/C8H13NO2/c1-5-7(10)4-3-6(9-2)8(5)11/h5-6,9H,3-4H2,1-2H3. The Morgan fingerprint density at radius 2 is 2.09 bits per heavy atom. The summed E-state index contributed by atoms with van der Waals surface area (Å²) in [5.74, 6) is -0.258. The van der Waals surface area contributed by atoms with E-state index >= 15 is 0 Å². The van der Waals surface area contributed by atoms with E-state index in [1.165, 1.54) is 0 Å². The minimum atomic E-state index is -0.388. The summed E-state index contributed by atoms with van der Waals surface area (Å²) in [7, 11) is 1.76. The Hall–Kier alpha value is -0.700. The summed E-state index contributed by atoms with van der Waals surface area (Å²) in [6.45, 7) is 1.69. The van der Waals surface area contributed by atoms with E-state index in [1.807, 2.05) is 0 Å². The van der Waals surface area contributed by atoms with Crippen LogP contribution in [0.5, 0.6) is 0 Å². The number of hydrogen-bond donors (Lipinski definition) is 1. The van der Waals surface area contributed by atoms with Gasteiger partial charge in [0.05, 0.1) is 12.0 Å². The van der Waals surface area contributed by atoms with Gasteiger partial charge in [0.15, 0.2) is 5.78 Å². The van der Waals surface area contributed by atoms with Crippen molar-refractivity contribution in [1.82, 2.24) is 5.32 Å². The van der Waals surface area contributed by atoms with Gasteiger partial charge in [0.1, 0.15) is 5.78 Å². The van der Waals surface area contributed by atoms with Crippen LogP contribution in [0.25, 0.3) is 0 Å². The quantitative estimate of drug-likeness (QED) is 0.548. The third kappa shape index (κ3) is 1.48. The number of carbonyl (C=O) groups is 2. The van der Waals surface area contributed by atoms with Gasteiger partial charge in [0.25, 0.3) is 0 Å². The number of nitrogens with one attached hydrogen (secondary N) is 1. The van der Waals surface area contributed by atoms with E-state index in [9.17, 15) is 9.59 Å². The number of carbonyl (C=O) groups excluding carboxylic acids is 2. The van der Waals surface area contributed by atoms with Crippen molar-refractivity contribution in [3.63, 3.8) is 0 Å². The normalized spacial score (nSPS) is 32.5. The van der Waals surface area contributed by atoms with Crippen molar-refractivity contribution in [2.75, 3.05) is 7.05 Å². The van der Waals surface area contributed by atoms with Crippen LogP contribution in [-0.4, -0.2) is 24.7 Å². The molecule has 0 bridgehead atoms. The average molecular weight is 155 g/mol. The molecular formula is C8H13NO2. The van der Waals surface area contributed by atoms with E-state index in [0.717, 1.165) is 0 Å². The molecule has 1 rings (SSSR count). The predicted molar refractivity (Wildman–Crippen MR) is 41.3 cm³/mol. The number of likely N-dealkylation sites (N-methyl/N-ethyl adjacent to an activating group) is 1. The van der Waals surface area contributed by atoms with Crippen LogP contribution in [0.15, 0.2) is 0 Å². The van der Waals surface area contributed by atoms with Gasteiger partial charge >= 0.3 is 0 Å². The van der Waals surface area contributed by atoms with Gasteiger partial charge in [-0.3, -0.25) is 9.59 Å². The highest BCUT2D eigenvalue weighted by Gasteiger charge is 2.32. The second-order valence-corrected chi connectivity index (χ2v) is 2.97. The second-order valence-electron chi connectivity index (χ2n) is 2.97. The van der Waals surface area contributed by atoms with Crippen LogP contribution in [0.3, 0.4) is 0 Å². The molecule has 0 saturated heterocycles. The molecule has 0 heterocycles. The fourth-order valence-electron chi connectivity index (χ4n) is 1.39. The Balaban J connectivity index is 2.67. The van der Waals surface area contributed by atoms with Crippen LogP contribution >= 0.6 is 0 Å². The van der Waals surface area contributed by atoms with Gasteiger partial charge in [-0.05, 0) is 20.4 Å². The lowest BCUT2D eigenvalue weighted by Gasteiger charge is -2.23. The summed E-state index contributed by atoms with van der Waals surface area (Å²) >= 11 is 0. The third-order valence-electron chi connectivity index (χ3n) is 2.28. The van der Waals surface area contributed by atoms with Gasteiger partial charge in [0.2, 0.25) is 0 Å². The molecule has 1 aliphatic rings. The summed E-state index contributed by atoms with van der Waals surface area (Å²) < 4.78 is 0. The fourth-order valence-corrected chi connectivity index (χ4v) is 1.39. The summed E-state index contributed by atoms with van der Waals surface area (Å²) in [6, 6.07) is -0.0947. The SMILES string of the molecule is CNC1CCC(=O)C(C)C1=O. The molecule has 1 saturated carbocycles. The van der Waals surface area contributed by atoms with E-state index in [0.29, 0.717) is 12.8 Å². The topological polar surface area (TPSA) is 46.2 Å². The van der Waals surface area contributed by atoms with Crippen molar-refractivity contribution in [3.8, 4) is 0 Å². The van der Waals surface area contributed by atoms with Gasteiger partial charge in [-0.1, -0.05) is 0 Å². The van der Waals surface area contributed by atoms with Crippen molar-refractivity contribution < 1.29 is 9.59 Å². The van der Waals surface area contributed by atoms with E-state index in [-0.39, 0.29) is 23.5 Å². The molecule has 0 radical (unpaired) electrons. The lowest BCUT2D eigenvalue weighted by atomic mass is 9.85. The number of rotatable bonds is 1. The highest BCUT2D eigenvalue weighted by molar-refractivity contribution is 6.06. The summed E-state index contributed by atoms with van der Waals surface area (Å²) in [5, 5.41) is 2.90. The zero-order valence-electron chi connectivity index (χ0n) is 6.89. The molecule has 1 aliphatic carbocycles. The summed E-state index contributed by atoms with van der Waals surface area (Å²) in [6.07, 6.45) is 1.21. The van der Waals surface area contributed by atoms with Gasteiger partial charge in [-0.25, -0.2) is 0 Å². The molecule has 1 N–H and O–H groups in total. The Kier molecular flexibility index (Phi) is 2.39. The van der Waals surface area contributed by atoms with Gasteiger partial charge in [-0.15, -0.1) is 0 Å². The Bertz CT molecular complexity index is 189. The average Bonchev–Trinajstić information content (AvgIpc) is 2.01. The zero-order valence-corrected chi connectivity index (χ0v) is 6.89. The minimum Gasteiger partial charge on any atom is -0.311 e. The molecule has 2 unspecified atom stereocenters. The zero-order chi connectivity index (χ0) is 8.43. The molecule has 0 amide bonds. The Labute approximate surface area is 66.2 Å². The predicted octanol–water partition coefficient (Wildman–Crippen LogP) is 0.142. The Morgan fingerprint density at radius 3 is 2.64 bits per heavy atom. The molecule has 0 aliphatic heterocycles. The van der Waals surface area contributed by atoms with Gasteiger partial charge < -0.3 is 5.32 Å². The lowest BCUT2D eigenvalue weighted by Crippen LogP contribution is -2.44. The van der Waals surface area contributed by atoms with E-state index in [1.54, 1.807) is 14.0 Å². The molecule has 3 nitrogen and oxygen atoms in total. The van der Waals surface area contributed by atoms with Crippen LogP contribution < -0.4 is 5.32 Å². The molecule has 2 atom stereocenters. The first-order valence-electron chi connectivity index (χ1n) is 3.90. The second kappa shape index (κ2) is 3.13. The van der Waals surface area contributed by atoms with Gasteiger partial charge in [-0.2, -0.15) is 0 Å². The van der Waals surface area contributed by atoms with Crippen molar-refractivity contribution in [2.45, 2.75) is 25.8 Å². The van der Waals surface area contributed by atoms with E-state index in [4.69, 9.17) is 0 Å². The first kappa shape index (κ1) is 8.40. The van der Waals surface area contributed by atoms with Crippen molar-refractivity contribution >= 4 is 11.6 Å². The highest BCUT2D eigenvalue weighted by Crippen LogP contribution is 2.16. The molecular weight excluding hydrogens is 142 g/mol.